The second kappa shape index (κ2) is 8.65. The minimum atomic E-state index is -0.287. The third-order valence-electron chi connectivity index (χ3n) is 4.80. The van der Waals surface area contributed by atoms with Crippen molar-refractivity contribution in [2.24, 2.45) is 5.92 Å². The second-order valence-corrected chi connectivity index (χ2v) is 6.52. The molecule has 1 aliphatic rings. The highest BCUT2D eigenvalue weighted by Crippen LogP contribution is 2.29. The molecule has 1 fully saturated rings. The van der Waals surface area contributed by atoms with Crippen LogP contribution in [0.3, 0.4) is 0 Å². The largest absolute Gasteiger partial charge is 0.497 e. The summed E-state index contributed by atoms with van der Waals surface area (Å²) in [6, 6.07) is 12.5. The molecule has 1 saturated heterocycles. The fourth-order valence-electron chi connectivity index (χ4n) is 3.33. The lowest BCUT2D eigenvalue weighted by molar-refractivity contribution is -0.117. The van der Waals surface area contributed by atoms with E-state index in [-0.39, 0.29) is 17.7 Å². The molecule has 2 amide bonds. The fraction of sp³-hybridized carbons (Fsp3) is 0.333. The third kappa shape index (κ3) is 4.03. The lowest BCUT2D eigenvalue weighted by Gasteiger charge is -2.18. The van der Waals surface area contributed by atoms with Gasteiger partial charge in [-0.25, -0.2) is 0 Å². The smallest absolute Gasteiger partial charge is 0.258 e. The van der Waals surface area contributed by atoms with Gasteiger partial charge in [0, 0.05) is 31.1 Å². The molecule has 3 rings (SSSR count). The number of rotatable bonds is 7. The van der Waals surface area contributed by atoms with Gasteiger partial charge >= 0.3 is 0 Å². The van der Waals surface area contributed by atoms with E-state index in [0.29, 0.717) is 36.6 Å². The number of carbonyl (C=O) groups excluding carboxylic acids is 2. The number of anilines is 1. The van der Waals surface area contributed by atoms with E-state index in [9.17, 15) is 9.59 Å². The molecule has 2 aromatic rings. The summed E-state index contributed by atoms with van der Waals surface area (Å²) >= 11 is 0. The Hall–Kier alpha value is -3.22. The van der Waals surface area contributed by atoms with Crippen LogP contribution in [0.15, 0.2) is 42.5 Å². The predicted molar refractivity (Wildman–Crippen MR) is 105 cm³/mol. The molecule has 0 bridgehead atoms. The normalized spacial score (nSPS) is 16.0. The molecule has 7 heteroatoms. The van der Waals surface area contributed by atoms with Crippen LogP contribution in [0.2, 0.25) is 0 Å². The van der Waals surface area contributed by atoms with Crippen molar-refractivity contribution in [3.8, 4) is 17.2 Å². The molecule has 7 nitrogen and oxygen atoms in total. The first-order valence-corrected chi connectivity index (χ1v) is 9.01. The maximum Gasteiger partial charge on any atom is 0.258 e. The minimum absolute atomic E-state index is 0.0271. The van der Waals surface area contributed by atoms with Crippen LogP contribution < -0.4 is 24.4 Å². The Morgan fingerprint density at radius 3 is 2.25 bits per heavy atom. The van der Waals surface area contributed by atoms with Gasteiger partial charge in [0.15, 0.2) is 0 Å². The van der Waals surface area contributed by atoms with E-state index in [1.807, 2.05) is 24.3 Å². The van der Waals surface area contributed by atoms with Crippen LogP contribution in [0.4, 0.5) is 5.69 Å². The Labute approximate surface area is 164 Å². The van der Waals surface area contributed by atoms with E-state index in [0.717, 1.165) is 11.4 Å². The van der Waals surface area contributed by atoms with Gasteiger partial charge in [-0.2, -0.15) is 0 Å². The summed E-state index contributed by atoms with van der Waals surface area (Å²) in [6.07, 6.45) is 0.384. The van der Waals surface area contributed by atoms with E-state index in [1.54, 1.807) is 30.2 Å². The molecule has 1 unspecified atom stereocenters. The van der Waals surface area contributed by atoms with Crippen molar-refractivity contribution in [1.82, 2.24) is 5.32 Å². The summed E-state index contributed by atoms with van der Waals surface area (Å²) in [5, 5.41) is 2.90. The first kappa shape index (κ1) is 19.5. The molecule has 1 atom stereocenters. The molecular weight excluding hydrogens is 360 g/mol. The average molecular weight is 384 g/mol. The number of nitrogens with one attached hydrogen (secondary N) is 1. The van der Waals surface area contributed by atoms with Gasteiger partial charge in [0.1, 0.15) is 22.8 Å². The number of ether oxygens (including phenoxy) is 3. The standard InChI is InChI=1S/C21H24N2O5/c1-26-16-9-7-15(8-10-16)23-13-14(11-19(23)24)12-22-21(25)20-17(27-2)5-4-6-18(20)28-3/h4-10,14H,11-13H2,1-3H3,(H,22,25). The molecule has 1 aliphatic heterocycles. The maximum absolute atomic E-state index is 12.7. The van der Waals surface area contributed by atoms with Crippen LogP contribution in [0, 0.1) is 5.92 Å². The van der Waals surface area contributed by atoms with Crippen molar-refractivity contribution >= 4 is 17.5 Å². The number of hydrogen-bond donors (Lipinski definition) is 1. The van der Waals surface area contributed by atoms with Gasteiger partial charge in [0.05, 0.1) is 21.3 Å². The van der Waals surface area contributed by atoms with E-state index >= 15 is 0 Å². The van der Waals surface area contributed by atoms with Gasteiger partial charge in [-0.3, -0.25) is 9.59 Å². The quantitative estimate of drug-likeness (QED) is 0.794. The van der Waals surface area contributed by atoms with Crippen molar-refractivity contribution in [2.45, 2.75) is 6.42 Å². The van der Waals surface area contributed by atoms with Crippen LogP contribution in [-0.4, -0.2) is 46.2 Å². The average Bonchev–Trinajstić information content (AvgIpc) is 3.11. The molecule has 148 valence electrons. The molecule has 1 N–H and O–H groups in total. The molecular formula is C21H24N2O5. The Bertz CT molecular complexity index is 828. The van der Waals surface area contributed by atoms with Gasteiger partial charge in [-0.15, -0.1) is 0 Å². The van der Waals surface area contributed by atoms with Crippen molar-refractivity contribution in [2.75, 3.05) is 39.3 Å². The summed E-state index contributed by atoms with van der Waals surface area (Å²) in [4.78, 5) is 26.8. The monoisotopic (exact) mass is 384 g/mol. The molecule has 2 aromatic carbocycles. The fourth-order valence-corrected chi connectivity index (χ4v) is 3.33. The minimum Gasteiger partial charge on any atom is -0.497 e. The van der Waals surface area contributed by atoms with Gasteiger partial charge in [-0.05, 0) is 36.4 Å². The first-order valence-electron chi connectivity index (χ1n) is 9.01. The summed E-state index contributed by atoms with van der Waals surface area (Å²) in [5.74, 6) is 1.41. The molecule has 0 aromatic heterocycles. The topological polar surface area (TPSA) is 77.1 Å². The summed E-state index contributed by atoms with van der Waals surface area (Å²) in [5.41, 5.74) is 1.18. The maximum atomic E-state index is 12.7. The number of benzene rings is 2. The molecule has 0 aliphatic carbocycles. The van der Waals surface area contributed by atoms with Gasteiger partial charge in [-0.1, -0.05) is 6.07 Å². The van der Waals surface area contributed by atoms with Crippen LogP contribution in [0.1, 0.15) is 16.8 Å². The summed E-state index contributed by atoms with van der Waals surface area (Å²) in [7, 11) is 4.62. The van der Waals surface area contributed by atoms with E-state index < -0.39 is 0 Å². The number of hydrogen-bond acceptors (Lipinski definition) is 5. The SMILES string of the molecule is COc1ccc(N2CC(CNC(=O)c3c(OC)cccc3OC)CC2=O)cc1. The molecule has 0 radical (unpaired) electrons. The highest BCUT2D eigenvalue weighted by Gasteiger charge is 2.31. The van der Waals surface area contributed by atoms with Crippen molar-refractivity contribution in [3.63, 3.8) is 0 Å². The lowest BCUT2D eigenvalue weighted by Crippen LogP contribution is -2.31. The van der Waals surface area contributed by atoms with Gasteiger partial charge in [0.25, 0.3) is 5.91 Å². The zero-order valence-electron chi connectivity index (χ0n) is 16.2. The van der Waals surface area contributed by atoms with Crippen molar-refractivity contribution in [1.29, 1.82) is 0 Å². The molecule has 0 saturated carbocycles. The number of nitrogens with zero attached hydrogens (tertiary/aromatic N) is 1. The molecule has 0 spiro atoms. The van der Waals surface area contributed by atoms with E-state index in [2.05, 4.69) is 5.32 Å². The zero-order chi connectivity index (χ0) is 20.1. The van der Waals surface area contributed by atoms with Gasteiger partial charge in [0.2, 0.25) is 5.91 Å². The van der Waals surface area contributed by atoms with Crippen molar-refractivity contribution in [3.05, 3.63) is 48.0 Å². The molecule has 28 heavy (non-hydrogen) atoms. The van der Waals surface area contributed by atoms with Crippen LogP contribution in [0.25, 0.3) is 0 Å². The van der Waals surface area contributed by atoms with Crippen LogP contribution >= 0.6 is 0 Å². The van der Waals surface area contributed by atoms with Crippen molar-refractivity contribution < 1.29 is 23.8 Å². The Kier molecular flexibility index (Phi) is 6.03. The van der Waals surface area contributed by atoms with E-state index in [4.69, 9.17) is 14.2 Å². The zero-order valence-corrected chi connectivity index (χ0v) is 16.2. The van der Waals surface area contributed by atoms with Crippen LogP contribution in [0.5, 0.6) is 17.2 Å². The number of carbonyl (C=O) groups is 2. The third-order valence-corrected chi connectivity index (χ3v) is 4.80. The second-order valence-electron chi connectivity index (χ2n) is 6.52. The Morgan fingerprint density at radius 1 is 1.04 bits per heavy atom. The highest BCUT2D eigenvalue weighted by atomic mass is 16.5. The van der Waals surface area contributed by atoms with E-state index in [1.165, 1.54) is 14.2 Å². The first-order chi connectivity index (χ1) is 13.6. The summed E-state index contributed by atoms with van der Waals surface area (Å²) < 4.78 is 15.7. The Balaban J connectivity index is 1.64. The Morgan fingerprint density at radius 2 is 1.68 bits per heavy atom. The van der Waals surface area contributed by atoms with Crippen LogP contribution in [-0.2, 0) is 4.79 Å². The molecule has 1 heterocycles. The number of methoxy groups -OCH3 is 3. The highest BCUT2D eigenvalue weighted by molar-refractivity contribution is 6.00. The number of amides is 2. The summed E-state index contributed by atoms with van der Waals surface area (Å²) in [6.45, 7) is 0.937. The lowest BCUT2D eigenvalue weighted by atomic mass is 10.1. The predicted octanol–water partition coefficient (Wildman–Crippen LogP) is 2.50. The van der Waals surface area contributed by atoms with Gasteiger partial charge < -0.3 is 24.4 Å².